The van der Waals surface area contributed by atoms with Gasteiger partial charge in [-0.15, -0.1) is 11.3 Å². The van der Waals surface area contributed by atoms with Crippen LogP contribution in [0, 0.1) is 6.92 Å². The molecule has 0 fully saturated rings. The number of para-hydroxylation sites is 2. The molecule has 5 nitrogen and oxygen atoms in total. The highest BCUT2D eigenvalue weighted by molar-refractivity contribution is 7.98. The van der Waals surface area contributed by atoms with Crippen molar-refractivity contribution in [2.75, 3.05) is 12.0 Å². The van der Waals surface area contributed by atoms with Gasteiger partial charge in [0.2, 0.25) is 0 Å². The molecule has 3 aromatic rings. The number of aryl methyl sites for hydroxylation is 1. The van der Waals surface area contributed by atoms with Gasteiger partial charge in [-0.3, -0.25) is 4.79 Å². The lowest BCUT2D eigenvalue weighted by atomic mass is 10.2. The Kier molecular flexibility index (Phi) is 4.97. The minimum Gasteiger partial charge on any atom is -0.341 e. The van der Waals surface area contributed by atoms with Crippen molar-refractivity contribution in [2.45, 2.75) is 19.4 Å². The van der Waals surface area contributed by atoms with Gasteiger partial charge in [0.15, 0.2) is 0 Å². The van der Waals surface area contributed by atoms with Crippen LogP contribution >= 0.6 is 23.1 Å². The van der Waals surface area contributed by atoms with E-state index in [1.165, 1.54) is 11.3 Å². The minimum atomic E-state index is -0.135. The number of rotatable bonds is 6. The van der Waals surface area contributed by atoms with Gasteiger partial charge in [0.25, 0.3) is 5.91 Å². The molecule has 0 aliphatic rings. The maximum absolute atomic E-state index is 12.5. The number of amides is 1. The molecule has 1 atom stereocenters. The lowest BCUT2D eigenvalue weighted by Gasteiger charge is -2.16. The number of hydrogen-bond donors (Lipinski definition) is 2. The second kappa shape index (κ2) is 7.14. The maximum Gasteiger partial charge on any atom is 0.263 e. The molecule has 0 aliphatic heterocycles. The topological polar surface area (TPSA) is 70.7 Å². The Balaban J connectivity index is 1.85. The molecule has 7 heteroatoms. The number of hydrogen-bond acceptors (Lipinski definition) is 5. The van der Waals surface area contributed by atoms with Crippen LogP contribution < -0.4 is 5.32 Å². The predicted molar refractivity (Wildman–Crippen MR) is 96.2 cm³/mol. The molecule has 0 radical (unpaired) electrons. The van der Waals surface area contributed by atoms with Gasteiger partial charge in [-0.25, -0.2) is 9.97 Å². The van der Waals surface area contributed by atoms with E-state index in [2.05, 4.69) is 26.5 Å². The number of thioether (sulfide) groups is 1. The smallest absolute Gasteiger partial charge is 0.263 e. The zero-order chi connectivity index (χ0) is 16.2. The standard InChI is InChI=1S/C16H18N4OS2/c1-10-14(23-9-17-10)16(21)20-13(7-8-22-2)15-18-11-5-3-4-6-12(11)19-15/h3-6,9,13H,7-8H2,1-2H3,(H,18,19)(H,20,21)/t13-/m1/s1. The van der Waals surface area contributed by atoms with Crippen molar-refractivity contribution in [3.05, 3.63) is 46.2 Å². The highest BCUT2D eigenvalue weighted by atomic mass is 32.2. The number of H-pyrrole nitrogens is 1. The second-order valence-corrected chi connectivity index (χ2v) is 7.05. The summed E-state index contributed by atoms with van der Waals surface area (Å²) in [5.74, 6) is 1.66. The van der Waals surface area contributed by atoms with Crippen LogP contribution in [0.2, 0.25) is 0 Å². The van der Waals surface area contributed by atoms with Crippen molar-refractivity contribution >= 4 is 40.0 Å². The van der Waals surface area contributed by atoms with Crippen LogP contribution in [0.1, 0.15) is 33.7 Å². The van der Waals surface area contributed by atoms with Gasteiger partial charge in [-0.1, -0.05) is 12.1 Å². The maximum atomic E-state index is 12.5. The molecule has 1 amide bonds. The summed E-state index contributed by atoms with van der Waals surface area (Å²) in [5, 5.41) is 3.10. The normalized spacial score (nSPS) is 12.4. The lowest BCUT2D eigenvalue weighted by molar-refractivity contribution is 0.0937. The van der Waals surface area contributed by atoms with Crippen molar-refractivity contribution in [2.24, 2.45) is 0 Å². The molecule has 2 aromatic heterocycles. The van der Waals surface area contributed by atoms with Crippen LogP contribution in [0.5, 0.6) is 0 Å². The number of nitrogens with one attached hydrogen (secondary N) is 2. The lowest BCUT2D eigenvalue weighted by Crippen LogP contribution is -2.29. The number of thiazole rings is 1. The fraction of sp³-hybridized carbons (Fsp3) is 0.312. The molecule has 0 unspecified atom stereocenters. The highest BCUT2D eigenvalue weighted by Crippen LogP contribution is 2.21. The van der Waals surface area contributed by atoms with E-state index < -0.39 is 0 Å². The Morgan fingerprint density at radius 2 is 2.26 bits per heavy atom. The van der Waals surface area contributed by atoms with E-state index in [4.69, 9.17) is 0 Å². The summed E-state index contributed by atoms with van der Waals surface area (Å²) < 4.78 is 0. The molecule has 3 rings (SSSR count). The average Bonchev–Trinajstić information content (AvgIpc) is 3.16. The second-order valence-electron chi connectivity index (χ2n) is 5.21. The molecular formula is C16H18N4OS2. The Bertz CT molecular complexity index is 778. The molecule has 2 N–H and O–H groups in total. The van der Waals surface area contributed by atoms with E-state index >= 15 is 0 Å². The van der Waals surface area contributed by atoms with Gasteiger partial charge in [0, 0.05) is 0 Å². The number of aromatic nitrogens is 3. The van der Waals surface area contributed by atoms with Crippen LogP contribution in [0.3, 0.4) is 0 Å². The monoisotopic (exact) mass is 346 g/mol. The molecule has 2 heterocycles. The van der Waals surface area contributed by atoms with E-state index in [0.29, 0.717) is 4.88 Å². The first-order valence-electron chi connectivity index (χ1n) is 7.33. The summed E-state index contributed by atoms with van der Waals surface area (Å²) in [4.78, 5) is 25.3. The predicted octanol–water partition coefficient (Wildman–Crippen LogP) is 3.55. The van der Waals surface area contributed by atoms with Crippen molar-refractivity contribution in [1.82, 2.24) is 20.3 Å². The summed E-state index contributed by atoms with van der Waals surface area (Å²) >= 11 is 3.12. The van der Waals surface area contributed by atoms with Gasteiger partial charge in [-0.2, -0.15) is 11.8 Å². The third-order valence-electron chi connectivity index (χ3n) is 3.61. The number of nitrogens with zero attached hydrogens (tertiary/aromatic N) is 2. The Morgan fingerprint density at radius 1 is 1.43 bits per heavy atom. The molecule has 0 spiro atoms. The number of fused-ring (bicyclic) bond motifs is 1. The molecule has 0 saturated heterocycles. The van der Waals surface area contributed by atoms with E-state index in [1.807, 2.05) is 31.2 Å². The first-order valence-corrected chi connectivity index (χ1v) is 9.61. The summed E-state index contributed by atoms with van der Waals surface area (Å²) in [6.45, 7) is 1.85. The van der Waals surface area contributed by atoms with Crippen molar-refractivity contribution in [1.29, 1.82) is 0 Å². The third-order valence-corrected chi connectivity index (χ3v) is 5.18. The van der Waals surface area contributed by atoms with Crippen LogP contribution in [-0.2, 0) is 0 Å². The number of imidazole rings is 1. The molecule has 120 valence electrons. The fourth-order valence-corrected chi connectivity index (χ4v) is 3.57. The number of carbonyl (C=O) groups excluding carboxylic acids is 1. The van der Waals surface area contributed by atoms with Gasteiger partial charge in [0.1, 0.15) is 10.7 Å². The zero-order valence-electron chi connectivity index (χ0n) is 13.0. The van der Waals surface area contributed by atoms with Crippen molar-refractivity contribution < 1.29 is 4.79 Å². The van der Waals surface area contributed by atoms with Crippen LogP contribution in [0.4, 0.5) is 0 Å². The van der Waals surface area contributed by atoms with Crippen LogP contribution in [0.25, 0.3) is 11.0 Å². The Hall–Kier alpha value is -1.86. The molecular weight excluding hydrogens is 328 g/mol. The van der Waals surface area contributed by atoms with Gasteiger partial charge in [0.05, 0.1) is 28.3 Å². The number of carbonyl (C=O) groups is 1. The SMILES string of the molecule is CSCC[C@@H](NC(=O)c1scnc1C)c1nc2ccccc2[nH]1. The van der Waals surface area contributed by atoms with Gasteiger partial charge >= 0.3 is 0 Å². The Labute approximate surface area is 142 Å². The van der Waals surface area contributed by atoms with Crippen LogP contribution in [-0.4, -0.2) is 32.9 Å². The molecule has 23 heavy (non-hydrogen) atoms. The summed E-state index contributed by atoms with van der Waals surface area (Å²) in [6.07, 6.45) is 2.88. The first kappa shape index (κ1) is 16.0. The summed E-state index contributed by atoms with van der Waals surface area (Å²) in [6, 6.07) is 7.76. The summed E-state index contributed by atoms with van der Waals surface area (Å²) in [5.41, 5.74) is 4.36. The van der Waals surface area contributed by atoms with E-state index in [1.54, 1.807) is 17.3 Å². The quantitative estimate of drug-likeness (QED) is 0.716. The largest absolute Gasteiger partial charge is 0.341 e. The molecule has 0 bridgehead atoms. The summed E-state index contributed by atoms with van der Waals surface area (Å²) in [7, 11) is 0. The van der Waals surface area contributed by atoms with Gasteiger partial charge in [-0.05, 0) is 37.5 Å². The number of benzene rings is 1. The Morgan fingerprint density at radius 3 is 2.96 bits per heavy atom. The van der Waals surface area contributed by atoms with Crippen LogP contribution in [0.15, 0.2) is 29.8 Å². The third kappa shape index (κ3) is 3.56. The van der Waals surface area contributed by atoms with Gasteiger partial charge < -0.3 is 10.3 Å². The van der Waals surface area contributed by atoms with Crippen molar-refractivity contribution in [3.8, 4) is 0 Å². The van der Waals surface area contributed by atoms with E-state index in [9.17, 15) is 4.79 Å². The molecule has 0 aliphatic carbocycles. The minimum absolute atomic E-state index is 0.0865. The zero-order valence-corrected chi connectivity index (χ0v) is 14.6. The van der Waals surface area contributed by atoms with E-state index in [0.717, 1.165) is 34.7 Å². The molecule has 0 saturated carbocycles. The highest BCUT2D eigenvalue weighted by Gasteiger charge is 2.21. The first-order chi connectivity index (χ1) is 11.2. The average molecular weight is 346 g/mol. The number of aromatic amines is 1. The molecule has 1 aromatic carbocycles. The fourth-order valence-electron chi connectivity index (χ4n) is 2.39. The van der Waals surface area contributed by atoms with E-state index in [-0.39, 0.29) is 11.9 Å². The van der Waals surface area contributed by atoms with Crippen molar-refractivity contribution in [3.63, 3.8) is 0 Å².